The van der Waals surface area contributed by atoms with Crippen molar-refractivity contribution in [1.82, 2.24) is 9.61 Å². The Labute approximate surface area is 186 Å². The number of carbonyl (C=O) groups excluding carboxylic acids is 2. The predicted molar refractivity (Wildman–Crippen MR) is 123 cm³/mol. The highest BCUT2D eigenvalue weighted by Gasteiger charge is 2.52. The van der Waals surface area contributed by atoms with Crippen LogP contribution in [0.4, 0.5) is 10.5 Å². The molecular weight excluding hydrogens is 406 g/mol. The van der Waals surface area contributed by atoms with Crippen LogP contribution in [0.2, 0.25) is 0 Å². The van der Waals surface area contributed by atoms with Gasteiger partial charge in [-0.25, -0.2) is 9.31 Å². The molecule has 3 aromatic rings. The summed E-state index contributed by atoms with van der Waals surface area (Å²) in [5.41, 5.74) is 14.2. The summed E-state index contributed by atoms with van der Waals surface area (Å²) in [5.74, 6) is -0.541. The minimum Gasteiger partial charge on any atom is -0.449 e. The molecule has 0 unspecified atom stereocenters. The minimum atomic E-state index is -0.771. The van der Waals surface area contributed by atoms with Crippen LogP contribution in [0, 0.1) is 10.8 Å². The van der Waals surface area contributed by atoms with Crippen molar-refractivity contribution in [3.05, 3.63) is 54.4 Å². The first-order chi connectivity index (χ1) is 15.1. The van der Waals surface area contributed by atoms with Crippen molar-refractivity contribution in [1.29, 1.82) is 0 Å². The molecule has 1 aromatic carbocycles. The van der Waals surface area contributed by atoms with E-state index in [9.17, 15) is 9.59 Å². The standard InChI is InChI=1S/C24H29N5O3/c1-23(2)19(9-10-24(23,3)14-32-22(26)31)28-20-17(21(25)30)12-27-29-13-16(11-18(20)29)15-7-5-4-6-8-15/h4-8,11-13,19,28H,9-10,14H2,1-3H3,(H2,25,30)(H2,26,31)/t19-,24+/m0/s1. The zero-order valence-electron chi connectivity index (χ0n) is 18.6. The quantitative estimate of drug-likeness (QED) is 0.543. The van der Waals surface area contributed by atoms with Gasteiger partial charge in [0.15, 0.2) is 0 Å². The summed E-state index contributed by atoms with van der Waals surface area (Å²) in [6.45, 7) is 6.61. The second-order valence-corrected chi connectivity index (χ2v) is 9.35. The van der Waals surface area contributed by atoms with E-state index in [1.807, 2.05) is 42.6 Å². The number of primary amides is 2. The number of nitrogens with two attached hydrogens (primary N) is 2. The molecule has 0 bridgehead atoms. The SMILES string of the molecule is CC1(C)[C@@H](Nc2c(C(N)=O)cnn3cc(-c4ccccc4)cc23)CC[C@]1(C)COC(N)=O. The Bertz CT molecular complexity index is 1170. The van der Waals surface area contributed by atoms with Gasteiger partial charge in [-0.2, -0.15) is 5.10 Å². The average molecular weight is 436 g/mol. The fraction of sp³-hybridized carbons (Fsp3) is 0.375. The van der Waals surface area contributed by atoms with Crippen LogP contribution in [0.3, 0.4) is 0 Å². The zero-order valence-corrected chi connectivity index (χ0v) is 18.6. The number of nitrogens with one attached hydrogen (secondary N) is 1. The van der Waals surface area contributed by atoms with Gasteiger partial charge in [0.2, 0.25) is 0 Å². The highest BCUT2D eigenvalue weighted by atomic mass is 16.5. The van der Waals surface area contributed by atoms with Gasteiger partial charge in [0, 0.05) is 23.2 Å². The number of hydrogen-bond donors (Lipinski definition) is 3. The molecule has 1 fully saturated rings. The number of rotatable bonds is 6. The molecule has 4 rings (SSSR count). The van der Waals surface area contributed by atoms with Gasteiger partial charge >= 0.3 is 6.09 Å². The van der Waals surface area contributed by atoms with E-state index in [1.165, 1.54) is 6.20 Å². The third kappa shape index (κ3) is 3.66. The molecule has 1 aliphatic carbocycles. The second kappa shape index (κ2) is 7.85. The summed E-state index contributed by atoms with van der Waals surface area (Å²) in [6.07, 6.45) is 4.35. The lowest BCUT2D eigenvalue weighted by atomic mass is 9.68. The van der Waals surface area contributed by atoms with Crippen molar-refractivity contribution < 1.29 is 14.3 Å². The fourth-order valence-corrected chi connectivity index (χ4v) is 4.67. The van der Waals surface area contributed by atoms with Gasteiger partial charge in [-0.15, -0.1) is 0 Å². The third-order valence-corrected chi connectivity index (χ3v) is 7.27. The number of amides is 2. The second-order valence-electron chi connectivity index (χ2n) is 9.35. The molecule has 0 saturated heterocycles. The lowest BCUT2D eigenvalue weighted by Gasteiger charge is -2.41. The first kappa shape index (κ1) is 21.7. The Morgan fingerprint density at radius 3 is 2.56 bits per heavy atom. The number of aromatic nitrogens is 2. The van der Waals surface area contributed by atoms with Crippen molar-refractivity contribution >= 4 is 23.2 Å². The smallest absolute Gasteiger partial charge is 0.404 e. The molecule has 5 N–H and O–H groups in total. The van der Waals surface area contributed by atoms with Crippen molar-refractivity contribution in [3.63, 3.8) is 0 Å². The van der Waals surface area contributed by atoms with Gasteiger partial charge < -0.3 is 21.5 Å². The molecule has 1 saturated carbocycles. The molecular formula is C24H29N5O3. The van der Waals surface area contributed by atoms with Gasteiger partial charge in [0.05, 0.1) is 29.6 Å². The summed E-state index contributed by atoms with van der Waals surface area (Å²) in [7, 11) is 0. The van der Waals surface area contributed by atoms with E-state index in [4.69, 9.17) is 16.2 Å². The molecule has 2 aromatic heterocycles. The maximum Gasteiger partial charge on any atom is 0.404 e. The third-order valence-electron chi connectivity index (χ3n) is 7.27. The van der Waals surface area contributed by atoms with Crippen LogP contribution in [-0.4, -0.2) is 34.3 Å². The summed E-state index contributed by atoms with van der Waals surface area (Å²) >= 11 is 0. The fourth-order valence-electron chi connectivity index (χ4n) is 4.67. The van der Waals surface area contributed by atoms with Crippen LogP contribution in [-0.2, 0) is 4.74 Å². The van der Waals surface area contributed by atoms with E-state index in [1.54, 1.807) is 4.52 Å². The summed E-state index contributed by atoms with van der Waals surface area (Å²) in [6, 6.07) is 12.0. The van der Waals surface area contributed by atoms with Crippen LogP contribution in [0.5, 0.6) is 0 Å². The Hall–Kier alpha value is -3.55. The first-order valence-corrected chi connectivity index (χ1v) is 10.7. The topological polar surface area (TPSA) is 125 Å². The molecule has 8 heteroatoms. The van der Waals surface area contributed by atoms with E-state index in [0.717, 1.165) is 29.5 Å². The number of hydrogen-bond acceptors (Lipinski definition) is 5. The van der Waals surface area contributed by atoms with E-state index >= 15 is 0 Å². The molecule has 8 nitrogen and oxygen atoms in total. The number of benzene rings is 1. The lowest BCUT2D eigenvalue weighted by molar-refractivity contribution is 0.0318. The number of anilines is 1. The van der Waals surface area contributed by atoms with E-state index in [-0.39, 0.29) is 23.5 Å². The van der Waals surface area contributed by atoms with E-state index in [0.29, 0.717) is 11.3 Å². The van der Waals surface area contributed by atoms with Crippen molar-refractivity contribution in [2.24, 2.45) is 22.3 Å². The highest BCUT2D eigenvalue weighted by molar-refractivity contribution is 6.02. The van der Waals surface area contributed by atoms with Crippen LogP contribution < -0.4 is 16.8 Å². The summed E-state index contributed by atoms with van der Waals surface area (Å²) in [4.78, 5) is 23.4. The van der Waals surface area contributed by atoms with Crippen molar-refractivity contribution in [3.8, 4) is 11.1 Å². The van der Waals surface area contributed by atoms with Gasteiger partial charge in [-0.05, 0) is 29.9 Å². The van der Waals surface area contributed by atoms with Crippen molar-refractivity contribution in [2.75, 3.05) is 11.9 Å². The Morgan fingerprint density at radius 1 is 1.19 bits per heavy atom. The maximum absolute atomic E-state index is 12.2. The van der Waals surface area contributed by atoms with E-state index < -0.39 is 12.0 Å². The molecule has 1 aliphatic rings. The number of nitrogens with zero attached hydrogens (tertiary/aromatic N) is 2. The summed E-state index contributed by atoms with van der Waals surface area (Å²) < 4.78 is 6.93. The van der Waals surface area contributed by atoms with Gasteiger partial charge in [0.25, 0.3) is 5.91 Å². The van der Waals surface area contributed by atoms with Crippen LogP contribution >= 0.6 is 0 Å². The molecule has 0 aliphatic heterocycles. The Balaban J connectivity index is 1.73. The summed E-state index contributed by atoms with van der Waals surface area (Å²) in [5, 5.41) is 8.00. The zero-order chi connectivity index (χ0) is 23.1. The average Bonchev–Trinajstić information content (AvgIpc) is 3.28. The molecule has 0 radical (unpaired) electrons. The normalized spacial score (nSPS) is 22.0. The van der Waals surface area contributed by atoms with Crippen molar-refractivity contribution in [2.45, 2.75) is 39.7 Å². The largest absolute Gasteiger partial charge is 0.449 e. The van der Waals surface area contributed by atoms with E-state index in [2.05, 4.69) is 31.2 Å². The van der Waals surface area contributed by atoms with Gasteiger partial charge in [-0.3, -0.25) is 4.79 Å². The molecule has 2 amide bonds. The number of ether oxygens (including phenoxy) is 1. The van der Waals surface area contributed by atoms with Crippen LogP contribution in [0.15, 0.2) is 48.8 Å². The lowest BCUT2D eigenvalue weighted by Crippen LogP contribution is -2.44. The number of carbonyl (C=O) groups is 2. The highest BCUT2D eigenvalue weighted by Crippen LogP contribution is 2.53. The molecule has 0 spiro atoms. The predicted octanol–water partition coefficient (Wildman–Crippen LogP) is 3.80. The Morgan fingerprint density at radius 2 is 1.91 bits per heavy atom. The van der Waals surface area contributed by atoms with Crippen LogP contribution in [0.25, 0.3) is 16.6 Å². The molecule has 2 heterocycles. The molecule has 168 valence electrons. The monoisotopic (exact) mass is 435 g/mol. The Kier molecular flexibility index (Phi) is 5.32. The minimum absolute atomic E-state index is 0.0170. The molecule has 32 heavy (non-hydrogen) atoms. The molecule has 2 atom stereocenters. The number of fused-ring (bicyclic) bond motifs is 1. The first-order valence-electron chi connectivity index (χ1n) is 10.7. The van der Waals surface area contributed by atoms with Crippen LogP contribution in [0.1, 0.15) is 44.0 Å². The van der Waals surface area contributed by atoms with Gasteiger partial charge in [0.1, 0.15) is 0 Å². The maximum atomic E-state index is 12.2. The van der Waals surface area contributed by atoms with Gasteiger partial charge in [-0.1, -0.05) is 51.1 Å².